The second-order valence-corrected chi connectivity index (χ2v) is 8.33. The van der Waals surface area contributed by atoms with Gasteiger partial charge in [-0.05, 0) is 44.2 Å². The molecule has 104 valence electrons. The van der Waals surface area contributed by atoms with Crippen molar-refractivity contribution >= 4 is 8.32 Å². The van der Waals surface area contributed by atoms with Crippen LogP contribution in [0.1, 0.15) is 19.3 Å². The summed E-state index contributed by atoms with van der Waals surface area (Å²) in [6.07, 6.45) is 4.90. The maximum atomic E-state index is 5.61. The van der Waals surface area contributed by atoms with Crippen LogP contribution in [-0.4, -0.2) is 34.4 Å². The third-order valence-corrected chi connectivity index (χ3v) is 4.17. The summed E-state index contributed by atoms with van der Waals surface area (Å²) in [4.78, 5) is 0. The van der Waals surface area contributed by atoms with Crippen molar-refractivity contribution in [3.63, 3.8) is 0 Å². The molecule has 19 heavy (non-hydrogen) atoms. The lowest BCUT2D eigenvalue weighted by molar-refractivity contribution is -0.154. The van der Waals surface area contributed by atoms with E-state index in [9.17, 15) is 0 Å². The molecule has 1 unspecified atom stereocenters. The summed E-state index contributed by atoms with van der Waals surface area (Å²) in [5.74, 6) is 8.52. The molecule has 0 aromatic rings. The highest BCUT2D eigenvalue weighted by molar-refractivity contribution is 6.79. The number of ether oxygens (including phenoxy) is 2. The van der Waals surface area contributed by atoms with Crippen molar-refractivity contribution in [2.24, 2.45) is 0 Å². The van der Waals surface area contributed by atoms with Crippen molar-refractivity contribution in [3.05, 3.63) is 12.7 Å². The van der Waals surface area contributed by atoms with Crippen molar-refractivity contribution in [1.29, 1.82) is 0 Å². The van der Waals surface area contributed by atoms with Crippen LogP contribution in [0.25, 0.3) is 0 Å². The minimum Gasteiger partial charge on any atom is -0.402 e. The van der Waals surface area contributed by atoms with E-state index in [1.807, 2.05) is 13.1 Å². The van der Waals surface area contributed by atoms with E-state index in [1.165, 1.54) is 6.42 Å². The van der Waals surface area contributed by atoms with Crippen LogP contribution in [0.15, 0.2) is 12.7 Å². The molecular weight excluding hydrogens is 256 g/mol. The van der Waals surface area contributed by atoms with Crippen molar-refractivity contribution in [3.8, 4) is 23.3 Å². The van der Waals surface area contributed by atoms with Gasteiger partial charge in [0.2, 0.25) is 0 Å². The summed E-state index contributed by atoms with van der Waals surface area (Å²) in [6, 6.07) is 0. The van der Waals surface area contributed by atoms with Crippen molar-refractivity contribution in [2.75, 3.05) is 19.8 Å². The summed E-state index contributed by atoms with van der Waals surface area (Å²) in [5.41, 5.74) is 3.09. The number of hydrogen-bond acceptors (Lipinski definition) is 3. The predicted molar refractivity (Wildman–Crippen MR) is 78.7 cm³/mol. The van der Waals surface area contributed by atoms with Crippen LogP contribution in [0.3, 0.4) is 0 Å². The molecule has 1 aliphatic heterocycles. The zero-order chi connectivity index (χ0) is 14.0. The third-order valence-electron chi connectivity index (χ3n) is 2.56. The van der Waals surface area contributed by atoms with Gasteiger partial charge in [-0.15, -0.1) is 6.58 Å². The molecule has 3 nitrogen and oxygen atoms in total. The first kappa shape index (κ1) is 16.0. The van der Waals surface area contributed by atoms with Gasteiger partial charge in [-0.25, -0.2) is 0 Å². The lowest BCUT2D eigenvalue weighted by Crippen LogP contribution is -2.28. The molecule has 1 atom stereocenters. The summed E-state index contributed by atoms with van der Waals surface area (Å²) >= 11 is 0. The van der Waals surface area contributed by atoms with Crippen LogP contribution >= 0.6 is 0 Å². The fourth-order valence-electron chi connectivity index (χ4n) is 1.54. The first-order valence-corrected chi connectivity index (χ1v) is 9.53. The van der Waals surface area contributed by atoms with Gasteiger partial charge in [0.05, 0.1) is 6.61 Å². The lowest BCUT2D eigenvalue weighted by Gasteiger charge is -2.21. The summed E-state index contributed by atoms with van der Waals surface area (Å²) in [5, 5.41) is 0. The van der Waals surface area contributed by atoms with E-state index in [-0.39, 0.29) is 6.29 Å². The lowest BCUT2D eigenvalue weighted by atomic mass is 10.2. The molecule has 0 bridgehead atoms. The maximum Gasteiger partial charge on any atom is 0.267 e. The maximum absolute atomic E-state index is 5.61. The topological polar surface area (TPSA) is 27.7 Å². The van der Waals surface area contributed by atoms with E-state index >= 15 is 0 Å². The fraction of sp³-hybridized carbons (Fsp3) is 0.600. The van der Waals surface area contributed by atoms with Crippen molar-refractivity contribution < 1.29 is 13.9 Å². The van der Waals surface area contributed by atoms with Gasteiger partial charge in [-0.3, -0.25) is 0 Å². The number of hydrogen-bond donors (Lipinski definition) is 0. The molecule has 0 spiro atoms. The van der Waals surface area contributed by atoms with Gasteiger partial charge < -0.3 is 13.9 Å². The Labute approximate surface area is 117 Å². The molecule has 1 heterocycles. The van der Waals surface area contributed by atoms with Crippen LogP contribution < -0.4 is 0 Å². The second-order valence-electron chi connectivity index (χ2n) is 4.77. The largest absolute Gasteiger partial charge is 0.402 e. The molecule has 4 heteroatoms. The molecule has 0 radical (unpaired) electrons. The van der Waals surface area contributed by atoms with Crippen LogP contribution in [0.2, 0.25) is 13.1 Å². The Bertz CT molecular complexity index is 389. The van der Waals surface area contributed by atoms with Gasteiger partial charge in [0, 0.05) is 6.61 Å². The van der Waals surface area contributed by atoms with Crippen LogP contribution in [-0.2, 0) is 13.9 Å². The predicted octanol–water partition coefficient (Wildman–Crippen LogP) is 2.48. The minimum absolute atomic E-state index is 0.0854. The van der Waals surface area contributed by atoms with E-state index in [0.717, 1.165) is 19.4 Å². The fourth-order valence-corrected chi connectivity index (χ4v) is 2.51. The van der Waals surface area contributed by atoms with Gasteiger partial charge >= 0.3 is 0 Å². The van der Waals surface area contributed by atoms with Crippen molar-refractivity contribution in [2.45, 2.75) is 38.6 Å². The molecule has 0 aromatic heterocycles. The molecule has 1 rings (SSSR count). The average Bonchev–Trinajstić information content (AvgIpc) is 2.42. The summed E-state index contributed by atoms with van der Waals surface area (Å²) in [7, 11) is -1.92. The highest BCUT2D eigenvalue weighted by Crippen LogP contribution is 2.12. The minimum atomic E-state index is -1.92. The van der Waals surface area contributed by atoms with E-state index in [2.05, 4.69) is 29.9 Å². The Balaban J connectivity index is 2.24. The Morgan fingerprint density at radius 2 is 2.21 bits per heavy atom. The van der Waals surface area contributed by atoms with Crippen LogP contribution in [0, 0.1) is 23.3 Å². The molecule has 0 amide bonds. The van der Waals surface area contributed by atoms with E-state index in [1.54, 1.807) is 6.08 Å². The SMILES string of the molecule is C=CCO[Si](C)(C)C#CC#CCOC1CCCCO1. The second kappa shape index (κ2) is 8.96. The van der Waals surface area contributed by atoms with Crippen LogP contribution in [0.5, 0.6) is 0 Å². The molecule has 1 fully saturated rings. The summed E-state index contributed by atoms with van der Waals surface area (Å²) < 4.78 is 16.5. The summed E-state index contributed by atoms with van der Waals surface area (Å²) in [6.45, 7) is 9.41. The van der Waals surface area contributed by atoms with E-state index < -0.39 is 8.32 Å². The molecular formula is C15H22O3Si. The first-order valence-electron chi connectivity index (χ1n) is 6.62. The quantitative estimate of drug-likeness (QED) is 0.439. The Morgan fingerprint density at radius 1 is 1.37 bits per heavy atom. The highest BCUT2D eigenvalue weighted by Gasteiger charge is 2.18. The third kappa shape index (κ3) is 7.87. The Hall–Kier alpha value is -1.04. The van der Waals surface area contributed by atoms with Gasteiger partial charge in [0.1, 0.15) is 6.61 Å². The molecule has 0 aromatic carbocycles. The molecule has 0 saturated carbocycles. The zero-order valence-electron chi connectivity index (χ0n) is 11.8. The Morgan fingerprint density at radius 3 is 2.89 bits per heavy atom. The van der Waals surface area contributed by atoms with E-state index in [0.29, 0.717) is 13.2 Å². The molecule has 0 N–H and O–H groups in total. The first-order chi connectivity index (χ1) is 9.14. The highest BCUT2D eigenvalue weighted by atomic mass is 28.4. The average molecular weight is 278 g/mol. The monoisotopic (exact) mass is 278 g/mol. The normalized spacial score (nSPS) is 18.7. The number of rotatable bonds is 5. The van der Waals surface area contributed by atoms with Gasteiger partial charge in [-0.2, -0.15) is 0 Å². The van der Waals surface area contributed by atoms with Gasteiger partial charge in [0.25, 0.3) is 8.32 Å². The Kier molecular flexibility index (Phi) is 7.55. The van der Waals surface area contributed by atoms with Crippen LogP contribution in [0.4, 0.5) is 0 Å². The van der Waals surface area contributed by atoms with Crippen molar-refractivity contribution in [1.82, 2.24) is 0 Å². The zero-order valence-corrected chi connectivity index (χ0v) is 12.8. The molecule has 0 aliphatic carbocycles. The standard InChI is InChI=1S/C15H22O3Si/c1-4-11-18-19(2,3)14-9-5-7-12-16-15-10-6-8-13-17-15/h4,15H,1,6,8,10-13H2,2-3H3. The molecule has 1 aliphatic rings. The smallest absolute Gasteiger partial charge is 0.267 e. The van der Waals surface area contributed by atoms with Gasteiger partial charge in [0.15, 0.2) is 6.29 Å². The van der Waals surface area contributed by atoms with Gasteiger partial charge in [-0.1, -0.05) is 17.5 Å². The molecule has 1 saturated heterocycles. The van der Waals surface area contributed by atoms with E-state index in [4.69, 9.17) is 13.9 Å².